The molecular formula is C26H17Cl2NO. The van der Waals surface area contributed by atoms with E-state index >= 15 is 0 Å². The van der Waals surface area contributed by atoms with E-state index in [2.05, 4.69) is 24.3 Å². The summed E-state index contributed by atoms with van der Waals surface area (Å²) in [5.41, 5.74) is 3.17. The van der Waals surface area contributed by atoms with Crippen LogP contribution in [0.4, 0.5) is 0 Å². The number of nitriles is 1. The first-order valence-corrected chi connectivity index (χ1v) is 10.2. The number of fused-ring (bicyclic) bond motifs is 1. The Labute approximate surface area is 185 Å². The molecule has 0 bridgehead atoms. The molecule has 0 heterocycles. The fourth-order valence-electron chi connectivity index (χ4n) is 3.33. The summed E-state index contributed by atoms with van der Waals surface area (Å²) in [5, 5.41) is 12.6. The second-order valence-corrected chi connectivity index (χ2v) is 7.59. The van der Waals surface area contributed by atoms with Crippen molar-refractivity contribution in [3.05, 3.63) is 112 Å². The van der Waals surface area contributed by atoms with Gasteiger partial charge in [-0.05, 0) is 45.7 Å². The molecule has 0 fully saturated rings. The van der Waals surface area contributed by atoms with Crippen molar-refractivity contribution in [1.82, 2.24) is 0 Å². The van der Waals surface area contributed by atoms with E-state index < -0.39 is 0 Å². The van der Waals surface area contributed by atoms with Gasteiger partial charge in [-0.3, -0.25) is 0 Å². The lowest BCUT2D eigenvalue weighted by Crippen LogP contribution is -1.98. The summed E-state index contributed by atoms with van der Waals surface area (Å²) in [5.74, 6) is 0.432. The van der Waals surface area contributed by atoms with Crippen molar-refractivity contribution < 1.29 is 4.74 Å². The van der Waals surface area contributed by atoms with Crippen molar-refractivity contribution in [2.45, 2.75) is 6.61 Å². The van der Waals surface area contributed by atoms with Gasteiger partial charge < -0.3 is 4.74 Å². The molecule has 4 rings (SSSR count). The second kappa shape index (κ2) is 9.05. The zero-order valence-corrected chi connectivity index (χ0v) is 17.5. The summed E-state index contributed by atoms with van der Waals surface area (Å²) in [6, 6.07) is 29.5. The first kappa shape index (κ1) is 20.0. The Balaban J connectivity index is 1.60. The molecule has 0 N–H and O–H groups in total. The van der Waals surface area contributed by atoms with Gasteiger partial charge in [0.1, 0.15) is 6.61 Å². The molecule has 0 unspecified atom stereocenters. The summed E-state index contributed by atoms with van der Waals surface area (Å²) in [4.78, 5) is 0. The maximum absolute atomic E-state index is 9.52. The Morgan fingerprint density at radius 2 is 1.53 bits per heavy atom. The largest absolute Gasteiger partial charge is 0.486 e. The van der Waals surface area contributed by atoms with E-state index in [0.29, 0.717) is 28.0 Å². The normalized spacial score (nSPS) is 11.3. The molecule has 30 heavy (non-hydrogen) atoms. The van der Waals surface area contributed by atoms with E-state index in [1.54, 1.807) is 18.2 Å². The zero-order chi connectivity index (χ0) is 20.9. The highest BCUT2D eigenvalue weighted by Gasteiger charge is 2.11. The summed E-state index contributed by atoms with van der Waals surface area (Å²) in [7, 11) is 0. The van der Waals surface area contributed by atoms with Crippen molar-refractivity contribution in [1.29, 1.82) is 5.26 Å². The van der Waals surface area contributed by atoms with Crippen LogP contribution in [-0.2, 0) is 6.61 Å². The van der Waals surface area contributed by atoms with Gasteiger partial charge in [0.15, 0.2) is 5.75 Å². The number of benzene rings is 4. The van der Waals surface area contributed by atoms with Crippen molar-refractivity contribution in [2.24, 2.45) is 0 Å². The van der Waals surface area contributed by atoms with E-state index in [1.807, 2.05) is 54.6 Å². The standard InChI is InChI=1S/C26H17Cl2NO/c27-24-14-18(13-22(16-29)19-7-2-1-3-8-19)15-25(28)26(24)30-17-21-11-6-10-20-9-4-5-12-23(20)21/h1-15H,17H2/b22-13-. The van der Waals surface area contributed by atoms with Gasteiger partial charge in [-0.2, -0.15) is 5.26 Å². The number of ether oxygens (including phenoxy) is 1. The molecule has 0 spiro atoms. The third-order valence-electron chi connectivity index (χ3n) is 4.79. The number of nitrogens with zero attached hydrogens (tertiary/aromatic N) is 1. The Hall–Kier alpha value is -3.25. The Morgan fingerprint density at radius 1 is 0.867 bits per heavy atom. The lowest BCUT2D eigenvalue weighted by atomic mass is 10.0. The first-order chi connectivity index (χ1) is 14.7. The van der Waals surface area contributed by atoms with Crippen LogP contribution in [0, 0.1) is 11.3 Å². The van der Waals surface area contributed by atoms with E-state index in [-0.39, 0.29) is 0 Å². The molecule has 146 valence electrons. The molecular weight excluding hydrogens is 413 g/mol. The molecule has 4 heteroatoms. The molecule has 0 atom stereocenters. The van der Waals surface area contributed by atoms with Crippen LogP contribution in [-0.4, -0.2) is 0 Å². The van der Waals surface area contributed by atoms with Gasteiger partial charge in [0.2, 0.25) is 0 Å². The number of allylic oxidation sites excluding steroid dienone is 1. The first-order valence-electron chi connectivity index (χ1n) is 9.41. The fraction of sp³-hybridized carbons (Fsp3) is 0.0385. The SMILES string of the molecule is N#C/C(=C/c1cc(Cl)c(OCc2cccc3ccccc23)c(Cl)c1)c1ccccc1. The zero-order valence-electron chi connectivity index (χ0n) is 16.0. The number of hydrogen-bond acceptors (Lipinski definition) is 2. The van der Waals surface area contributed by atoms with Gasteiger partial charge in [-0.25, -0.2) is 0 Å². The monoisotopic (exact) mass is 429 g/mol. The molecule has 4 aromatic carbocycles. The highest BCUT2D eigenvalue weighted by Crippen LogP contribution is 2.36. The predicted molar refractivity (Wildman–Crippen MR) is 125 cm³/mol. The van der Waals surface area contributed by atoms with Crippen LogP contribution in [0.15, 0.2) is 84.9 Å². The number of hydrogen-bond donors (Lipinski definition) is 0. The van der Waals surface area contributed by atoms with E-state index in [0.717, 1.165) is 27.5 Å². The summed E-state index contributed by atoms with van der Waals surface area (Å²) < 4.78 is 5.98. The van der Waals surface area contributed by atoms with Crippen LogP contribution in [0.5, 0.6) is 5.75 Å². The van der Waals surface area contributed by atoms with Crippen molar-refractivity contribution in [3.63, 3.8) is 0 Å². The lowest BCUT2D eigenvalue weighted by molar-refractivity contribution is 0.308. The van der Waals surface area contributed by atoms with Crippen molar-refractivity contribution in [3.8, 4) is 11.8 Å². The molecule has 0 saturated heterocycles. The molecule has 2 nitrogen and oxygen atoms in total. The highest BCUT2D eigenvalue weighted by atomic mass is 35.5. The van der Waals surface area contributed by atoms with Gasteiger partial charge in [-0.1, -0.05) is 96.0 Å². The highest BCUT2D eigenvalue weighted by molar-refractivity contribution is 6.37. The fourth-order valence-corrected chi connectivity index (χ4v) is 3.95. The van der Waals surface area contributed by atoms with Gasteiger partial charge in [0.25, 0.3) is 0 Å². The number of halogens is 2. The third-order valence-corrected chi connectivity index (χ3v) is 5.35. The van der Waals surface area contributed by atoms with Crippen molar-refractivity contribution in [2.75, 3.05) is 0 Å². The van der Waals surface area contributed by atoms with Gasteiger partial charge in [0.05, 0.1) is 21.7 Å². The third kappa shape index (κ3) is 4.33. The van der Waals surface area contributed by atoms with E-state index in [4.69, 9.17) is 27.9 Å². The topological polar surface area (TPSA) is 33.0 Å². The molecule has 0 amide bonds. The molecule has 0 radical (unpaired) electrons. The van der Waals surface area contributed by atoms with Crippen LogP contribution in [0.2, 0.25) is 10.0 Å². The van der Waals surface area contributed by atoms with Crippen LogP contribution in [0.3, 0.4) is 0 Å². The Bertz CT molecular complexity index is 1240. The van der Waals surface area contributed by atoms with E-state index in [1.165, 1.54) is 0 Å². The van der Waals surface area contributed by atoms with Crippen LogP contribution in [0.1, 0.15) is 16.7 Å². The second-order valence-electron chi connectivity index (χ2n) is 6.78. The molecule has 0 aliphatic rings. The summed E-state index contributed by atoms with van der Waals surface area (Å²) >= 11 is 12.9. The van der Waals surface area contributed by atoms with Crippen molar-refractivity contribution >= 4 is 45.6 Å². The minimum absolute atomic E-state index is 0.351. The Morgan fingerprint density at radius 3 is 2.27 bits per heavy atom. The molecule has 0 aromatic heterocycles. The maximum Gasteiger partial charge on any atom is 0.157 e. The average Bonchev–Trinajstić information content (AvgIpc) is 2.77. The molecule has 4 aromatic rings. The van der Waals surface area contributed by atoms with Crippen LogP contribution >= 0.6 is 23.2 Å². The van der Waals surface area contributed by atoms with Gasteiger partial charge >= 0.3 is 0 Å². The van der Waals surface area contributed by atoms with Gasteiger partial charge in [0, 0.05) is 0 Å². The minimum Gasteiger partial charge on any atom is -0.486 e. The summed E-state index contributed by atoms with van der Waals surface area (Å²) in [6.07, 6.45) is 1.77. The molecule has 0 saturated carbocycles. The van der Waals surface area contributed by atoms with Crippen LogP contribution in [0.25, 0.3) is 22.4 Å². The minimum atomic E-state index is 0.351. The summed E-state index contributed by atoms with van der Waals surface area (Å²) in [6.45, 7) is 0.351. The smallest absolute Gasteiger partial charge is 0.157 e. The Kier molecular flexibility index (Phi) is 6.05. The van der Waals surface area contributed by atoms with Crippen LogP contribution < -0.4 is 4.74 Å². The predicted octanol–water partition coefficient (Wildman–Crippen LogP) is 7.79. The number of rotatable bonds is 5. The molecule has 0 aliphatic carbocycles. The maximum atomic E-state index is 9.52. The van der Waals surface area contributed by atoms with E-state index in [9.17, 15) is 5.26 Å². The average molecular weight is 430 g/mol. The lowest BCUT2D eigenvalue weighted by Gasteiger charge is -2.13. The van der Waals surface area contributed by atoms with Gasteiger partial charge in [-0.15, -0.1) is 0 Å². The molecule has 0 aliphatic heterocycles. The quantitative estimate of drug-likeness (QED) is 0.239.